The Morgan fingerprint density at radius 3 is 3.06 bits per heavy atom. The van der Waals surface area contributed by atoms with Crippen LogP contribution in [0.2, 0.25) is 0 Å². The molecule has 0 spiro atoms. The minimum Gasteiger partial charge on any atom is -0.351 e. The Bertz CT molecular complexity index is 300. The summed E-state index contributed by atoms with van der Waals surface area (Å²) >= 11 is 1.56. The van der Waals surface area contributed by atoms with E-state index in [-0.39, 0.29) is 5.91 Å². The molecule has 90 valence electrons. The predicted octanol–water partition coefficient (Wildman–Crippen LogP) is 1.52. The second kappa shape index (κ2) is 7.35. The number of carbonyl (C=O) groups excluding carboxylic acids is 1. The van der Waals surface area contributed by atoms with Crippen LogP contribution in [-0.4, -0.2) is 17.4 Å². The second-order valence-corrected chi connectivity index (χ2v) is 4.94. The molecule has 5 heteroatoms. The van der Waals surface area contributed by atoms with E-state index < -0.39 is 0 Å². The minimum absolute atomic E-state index is 0.109. The molecule has 1 amide bonds. The highest BCUT2D eigenvalue weighted by Gasteiger charge is 2.06. The van der Waals surface area contributed by atoms with Crippen LogP contribution in [0.4, 0.5) is 0 Å². The van der Waals surface area contributed by atoms with Crippen LogP contribution in [0.3, 0.4) is 0 Å². The third-order valence-electron chi connectivity index (χ3n) is 2.47. The average molecular weight is 241 g/mol. The molecule has 1 unspecified atom stereocenters. The molecule has 1 aromatic rings. The highest BCUT2D eigenvalue weighted by Crippen LogP contribution is 2.09. The number of aromatic nitrogens is 1. The topological polar surface area (TPSA) is 68.0 Å². The van der Waals surface area contributed by atoms with Crippen LogP contribution in [0.1, 0.15) is 31.1 Å². The molecule has 1 rings (SSSR count). The maximum Gasteiger partial charge on any atom is 0.220 e. The summed E-state index contributed by atoms with van der Waals surface area (Å²) in [5.74, 6) is 0.636. The van der Waals surface area contributed by atoms with E-state index in [2.05, 4.69) is 17.2 Å². The lowest BCUT2D eigenvalue weighted by atomic mass is 10.0. The Morgan fingerprint density at radius 1 is 1.62 bits per heavy atom. The molecule has 0 aromatic carbocycles. The zero-order valence-corrected chi connectivity index (χ0v) is 10.4. The third-order valence-corrected chi connectivity index (χ3v) is 3.25. The zero-order chi connectivity index (χ0) is 11.8. The first-order chi connectivity index (χ1) is 7.72. The molecule has 1 aromatic heterocycles. The minimum atomic E-state index is 0.109. The summed E-state index contributed by atoms with van der Waals surface area (Å²) in [4.78, 5) is 16.5. The van der Waals surface area contributed by atoms with Gasteiger partial charge in [-0.15, -0.1) is 11.3 Å². The van der Waals surface area contributed by atoms with E-state index in [4.69, 9.17) is 5.73 Å². The van der Waals surface area contributed by atoms with Gasteiger partial charge in [-0.2, -0.15) is 0 Å². The number of thiazole rings is 1. The molecule has 0 aliphatic heterocycles. The summed E-state index contributed by atoms with van der Waals surface area (Å²) in [6.45, 7) is 3.42. The van der Waals surface area contributed by atoms with Crippen LogP contribution in [-0.2, 0) is 11.3 Å². The molecule has 1 atom stereocenters. The quantitative estimate of drug-likeness (QED) is 0.760. The van der Waals surface area contributed by atoms with Crippen LogP contribution < -0.4 is 11.1 Å². The van der Waals surface area contributed by atoms with E-state index in [1.54, 1.807) is 23.0 Å². The fraction of sp³-hybridized carbons (Fsp3) is 0.636. The van der Waals surface area contributed by atoms with Gasteiger partial charge in [-0.3, -0.25) is 9.78 Å². The molecule has 3 N–H and O–H groups in total. The second-order valence-electron chi connectivity index (χ2n) is 3.97. The van der Waals surface area contributed by atoms with Crippen molar-refractivity contribution in [2.45, 2.75) is 32.7 Å². The Hall–Kier alpha value is -0.940. The fourth-order valence-corrected chi connectivity index (χ4v) is 1.94. The Balaban J connectivity index is 2.11. The summed E-state index contributed by atoms with van der Waals surface area (Å²) in [5.41, 5.74) is 7.22. The van der Waals surface area contributed by atoms with Gasteiger partial charge in [0.2, 0.25) is 5.91 Å². The normalized spacial score (nSPS) is 12.4. The van der Waals surface area contributed by atoms with Crippen molar-refractivity contribution in [2.24, 2.45) is 11.7 Å². The van der Waals surface area contributed by atoms with Gasteiger partial charge in [-0.25, -0.2) is 0 Å². The van der Waals surface area contributed by atoms with Crippen molar-refractivity contribution in [1.29, 1.82) is 0 Å². The molecule has 4 nitrogen and oxygen atoms in total. The Morgan fingerprint density at radius 2 is 2.44 bits per heavy atom. The smallest absolute Gasteiger partial charge is 0.220 e. The van der Waals surface area contributed by atoms with Crippen molar-refractivity contribution < 1.29 is 4.79 Å². The summed E-state index contributed by atoms with van der Waals surface area (Å²) in [6, 6.07) is 0. The maximum atomic E-state index is 11.5. The number of amides is 1. The maximum absolute atomic E-state index is 11.5. The first-order valence-corrected chi connectivity index (χ1v) is 6.44. The number of hydrogen-bond donors (Lipinski definition) is 2. The summed E-state index contributed by atoms with van der Waals surface area (Å²) in [7, 11) is 0. The molecule has 0 fully saturated rings. The number of hydrogen-bond acceptors (Lipinski definition) is 4. The van der Waals surface area contributed by atoms with E-state index in [1.807, 2.05) is 0 Å². The van der Waals surface area contributed by atoms with E-state index in [0.717, 1.165) is 17.7 Å². The summed E-state index contributed by atoms with van der Waals surface area (Å²) in [5, 5.41) is 2.88. The molecule has 0 radical (unpaired) electrons. The van der Waals surface area contributed by atoms with E-state index >= 15 is 0 Å². The monoisotopic (exact) mass is 241 g/mol. The van der Waals surface area contributed by atoms with Crippen molar-refractivity contribution >= 4 is 17.2 Å². The van der Waals surface area contributed by atoms with Crippen LogP contribution in [0.5, 0.6) is 0 Å². The van der Waals surface area contributed by atoms with Crippen molar-refractivity contribution in [3.05, 3.63) is 16.6 Å². The van der Waals surface area contributed by atoms with Crippen molar-refractivity contribution in [3.63, 3.8) is 0 Å². The first kappa shape index (κ1) is 13.1. The zero-order valence-electron chi connectivity index (χ0n) is 9.61. The Labute approximate surface area is 100 Å². The van der Waals surface area contributed by atoms with Gasteiger partial charge >= 0.3 is 0 Å². The molecular weight excluding hydrogens is 222 g/mol. The van der Waals surface area contributed by atoms with E-state index in [0.29, 0.717) is 25.4 Å². The largest absolute Gasteiger partial charge is 0.351 e. The van der Waals surface area contributed by atoms with Crippen molar-refractivity contribution in [1.82, 2.24) is 10.3 Å². The number of nitrogens with two attached hydrogens (primary N) is 1. The van der Waals surface area contributed by atoms with Gasteiger partial charge in [0.15, 0.2) is 0 Å². The molecule has 0 aliphatic rings. The number of nitrogens with zero attached hydrogens (tertiary/aromatic N) is 1. The van der Waals surface area contributed by atoms with Crippen molar-refractivity contribution in [2.75, 3.05) is 6.54 Å². The highest BCUT2D eigenvalue weighted by molar-refractivity contribution is 7.09. The van der Waals surface area contributed by atoms with E-state index in [9.17, 15) is 4.79 Å². The molecular formula is C11H19N3OS. The van der Waals surface area contributed by atoms with Gasteiger partial charge < -0.3 is 11.1 Å². The van der Waals surface area contributed by atoms with Crippen LogP contribution in [0, 0.1) is 5.92 Å². The lowest BCUT2D eigenvalue weighted by molar-refractivity contribution is -0.121. The van der Waals surface area contributed by atoms with Crippen LogP contribution in [0.25, 0.3) is 0 Å². The van der Waals surface area contributed by atoms with Gasteiger partial charge in [-0.1, -0.05) is 6.92 Å². The predicted molar refractivity (Wildman–Crippen MR) is 66.0 cm³/mol. The van der Waals surface area contributed by atoms with E-state index in [1.165, 1.54) is 0 Å². The third kappa shape index (κ3) is 5.23. The van der Waals surface area contributed by atoms with Gasteiger partial charge in [0.25, 0.3) is 0 Å². The fourth-order valence-electron chi connectivity index (χ4n) is 1.41. The van der Waals surface area contributed by atoms with Gasteiger partial charge in [0.1, 0.15) is 0 Å². The molecule has 0 aliphatic carbocycles. The molecule has 0 saturated heterocycles. The SMILES string of the molecule is CC(CCN)CCC(=O)NCc1cncs1. The van der Waals surface area contributed by atoms with Gasteiger partial charge in [0.05, 0.1) is 12.1 Å². The number of carbonyl (C=O) groups is 1. The highest BCUT2D eigenvalue weighted by atomic mass is 32.1. The van der Waals surface area contributed by atoms with Crippen LogP contribution >= 0.6 is 11.3 Å². The van der Waals surface area contributed by atoms with Gasteiger partial charge in [0, 0.05) is 17.5 Å². The number of nitrogens with one attached hydrogen (secondary N) is 1. The average Bonchev–Trinajstić information content (AvgIpc) is 2.77. The standard InChI is InChI=1S/C11H19N3OS/c1-9(4-5-12)2-3-11(15)14-7-10-6-13-8-16-10/h6,8-9H,2-5,7,12H2,1H3,(H,14,15). The van der Waals surface area contributed by atoms with Crippen molar-refractivity contribution in [3.8, 4) is 0 Å². The van der Waals surface area contributed by atoms with Crippen LogP contribution in [0.15, 0.2) is 11.7 Å². The molecule has 0 saturated carbocycles. The molecule has 16 heavy (non-hydrogen) atoms. The van der Waals surface area contributed by atoms with Gasteiger partial charge in [-0.05, 0) is 25.3 Å². The summed E-state index contributed by atoms with van der Waals surface area (Å²) < 4.78 is 0. The lowest BCUT2D eigenvalue weighted by Gasteiger charge is -2.09. The lowest BCUT2D eigenvalue weighted by Crippen LogP contribution is -2.22. The first-order valence-electron chi connectivity index (χ1n) is 5.56. The number of rotatable bonds is 7. The molecule has 0 bridgehead atoms. The molecule has 1 heterocycles. The Kier molecular flexibility index (Phi) is 6.03. The summed E-state index contributed by atoms with van der Waals surface area (Å²) in [6.07, 6.45) is 4.26.